The molecule has 0 unspecified atom stereocenters. The molecular weight excluding hydrogens is 1240 g/mol. The first-order valence-electron chi connectivity index (χ1n) is 24.1. The van der Waals surface area contributed by atoms with Gasteiger partial charge in [0.15, 0.2) is 0 Å². The molecule has 420 valence electrons. The van der Waals surface area contributed by atoms with Crippen LogP contribution in [0.3, 0.4) is 0 Å². The molecule has 12 aromatic rings. The number of para-hydroxylation sites is 4. The summed E-state index contributed by atoms with van der Waals surface area (Å²) < 4.78 is 79.7. The van der Waals surface area contributed by atoms with Gasteiger partial charge in [0.25, 0.3) is 20.2 Å². The molecule has 0 saturated heterocycles. The van der Waals surface area contributed by atoms with E-state index in [0.29, 0.717) is 63.5 Å². The molecule has 28 nitrogen and oxygen atoms in total. The third-order valence-corrected chi connectivity index (χ3v) is 16.7. The van der Waals surface area contributed by atoms with Crippen LogP contribution < -0.4 is 10.6 Å². The third-order valence-electron chi connectivity index (χ3n) is 11.4. The van der Waals surface area contributed by atoms with Crippen molar-refractivity contribution in [1.82, 2.24) is 101 Å². The van der Waals surface area contributed by atoms with Crippen molar-refractivity contribution in [3.8, 4) is 22.7 Å². The summed E-state index contributed by atoms with van der Waals surface area (Å²) in [6.45, 7) is 0. The number of benzene rings is 6. The Labute approximate surface area is 548 Å². The monoisotopic (exact) mass is 1280 g/mol. The zero-order valence-corrected chi connectivity index (χ0v) is 47.1. The van der Waals surface area contributed by atoms with Crippen molar-refractivity contribution in [3.63, 3.8) is 0 Å². The van der Waals surface area contributed by atoms with Crippen molar-refractivity contribution >= 4 is 162 Å². The molecule has 0 atom stereocenters. The SMILES string of the molecule is O=S(=O)(O)c1cc(Nc2nc(Sc3nnnn3-c3ccccc3)cc(Sc3nnnn3-c3ccccc3)n2)ccc1C=Cc1ccc(Nc2nc(Sc3nnnn3-c3ccccc3)cc(Sc3nnnn3-c3ccccc3)n2)cc1S(=O)(=O)O.[NaH].[NaH]. The fourth-order valence-corrected chi connectivity index (χ4v) is 12.5. The molecule has 6 heterocycles. The van der Waals surface area contributed by atoms with Crippen LogP contribution in [-0.4, -0.2) is 186 Å². The first kappa shape index (κ1) is 61.4. The third kappa shape index (κ3) is 14.8. The number of aromatic nitrogens is 20. The van der Waals surface area contributed by atoms with Crippen LogP contribution >= 0.6 is 47.0 Å². The van der Waals surface area contributed by atoms with Gasteiger partial charge in [-0.3, -0.25) is 9.11 Å². The fourth-order valence-electron chi connectivity index (χ4n) is 7.78. The number of tetrazole rings is 4. The summed E-state index contributed by atoms with van der Waals surface area (Å²) in [5, 5.41) is 57.9. The van der Waals surface area contributed by atoms with Gasteiger partial charge in [0.05, 0.1) is 22.7 Å². The van der Waals surface area contributed by atoms with Gasteiger partial charge in [-0.15, -0.1) is 20.4 Å². The molecule has 0 bridgehead atoms. The molecule has 0 aliphatic heterocycles. The molecular formula is C50H36N22Na2O6S6. The van der Waals surface area contributed by atoms with Crippen molar-refractivity contribution < 1.29 is 25.9 Å². The van der Waals surface area contributed by atoms with E-state index in [1.54, 1.807) is 12.1 Å². The van der Waals surface area contributed by atoms with Crippen molar-refractivity contribution in [2.24, 2.45) is 0 Å². The predicted molar refractivity (Wildman–Crippen MR) is 319 cm³/mol. The molecule has 0 fully saturated rings. The van der Waals surface area contributed by atoms with Gasteiger partial charge in [-0.25, -0.2) is 19.9 Å². The second-order valence-corrected chi connectivity index (χ2v) is 23.7. The molecule has 6 aromatic heterocycles. The van der Waals surface area contributed by atoms with E-state index in [2.05, 4.69) is 72.7 Å². The molecule has 0 spiro atoms. The van der Waals surface area contributed by atoms with Gasteiger partial charge in [-0.05, 0) is 173 Å². The molecule has 0 saturated carbocycles. The average molecular weight is 1280 g/mol. The van der Waals surface area contributed by atoms with Gasteiger partial charge in [-0.1, -0.05) is 97.1 Å². The standard InChI is InChI=1S/C50H34N22O6S6.2Na.2H/c73-83(74,75)39-27-33(51-45-53-41(79-47-57-61-65-69(47)35-13-5-1-6-14-35)29-42(54-45)80-48-58-62-66-70(48)36-15-7-2-8-16-36)25-23-31(39)21-22-32-24-26-34(28-40(32)84(76,77)78)52-46-55-43(81-49-59-63-67-71(49)37-17-9-3-10-18-37)30-44(56-46)82-50-60-64-68-72(50)38-19-11-4-12-20-38;;;;/h1-30H,(H,51,53,54)(H,52,55,56)(H,73,74,75)(H,76,77,78);;;;. The molecule has 0 radical (unpaired) electrons. The Morgan fingerprint density at radius 1 is 0.372 bits per heavy atom. The van der Waals surface area contributed by atoms with Crippen molar-refractivity contribution in [2.75, 3.05) is 10.6 Å². The minimum absolute atomic E-state index is 0. The maximum absolute atomic E-state index is 13.1. The predicted octanol–water partition coefficient (Wildman–Crippen LogP) is 6.63. The summed E-state index contributed by atoms with van der Waals surface area (Å²) in [6, 6.07) is 48.3. The Balaban J connectivity index is 0.00000410. The van der Waals surface area contributed by atoms with Gasteiger partial charge in [0.1, 0.15) is 29.9 Å². The first-order valence-corrected chi connectivity index (χ1v) is 30.3. The summed E-state index contributed by atoms with van der Waals surface area (Å²) in [7, 11) is -9.93. The Kier molecular flexibility index (Phi) is 19.5. The van der Waals surface area contributed by atoms with Crippen LogP contribution in [0.5, 0.6) is 0 Å². The number of rotatable bonds is 20. The Hall–Kier alpha value is -7.68. The maximum atomic E-state index is 13.1. The van der Waals surface area contributed by atoms with Crippen molar-refractivity contribution in [1.29, 1.82) is 0 Å². The topological polar surface area (TPSA) is 359 Å². The molecule has 86 heavy (non-hydrogen) atoms. The van der Waals surface area contributed by atoms with E-state index in [1.807, 2.05) is 121 Å². The summed E-state index contributed by atoms with van der Waals surface area (Å²) in [6.07, 6.45) is 2.53. The van der Waals surface area contributed by atoms with E-state index >= 15 is 0 Å². The van der Waals surface area contributed by atoms with Crippen LogP contribution in [0.15, 0.2) is 220 Å². The average Bonchev–Trinajstić information content (AvgIpc) is 2.81. The van der Waals surface area contributed by atoms with Crippen LogP contribution in [-0.2, 0) is 20.2 Å². The second kappa shape index (κ2) is 27.4. The number of hydrogen-bond donors (Lipinski definition) is 4. The summed E-state index contributed by atoms with van der Waals surface area (Å²) in [5.74, 6) is -0.00641. The molecule has 0 aliphatic carbocycles. The Morgan fingerprint density at radius 2 is 0.640 bits per heavy atom. The van der Waals surface area contributed by atoms with E-state index in [0.717, 1.165) is 59.2 Å². The van der Waals surface area contributed by atoms with Crippen molar-refractivity contribution in [2.45, 2.75) is 50.5 Å². The number of nitrogens with one attached hydrogen (secondary N) is 2. The second-order valence-electron chi connectivity index (χ2n) is 17.0. The zero-order valence-electron chi connectivity index (χ0n) is 42.2. The summed E-state index contributed by atoms with van der Waals surface area (Å²) in [4.78, 5) is 17.6. The van der Waals surface area contributed by atoms with E-state index in [-0.39, 0.29) is 93.5 Å². The summed E-state index contributed by atoms with van der Waals surface area (Å²) in [5.41, 5.74) is 2.92. The van der Waals surface area contributed by atoms with Crippen molar-refractivity contribution in [3.05, 3.63) is 181 Å². The normalized spacial score (nSPS) is 11.5. The molecule has 0 amide bonds. The van der Waals surface area contributed by atoms with E-state index < -0.39 is 30.0 Å². The van der Waals surface area contributed by atoms with E-state index in [1.165, 1.54) is 55.1 Å². The van der Waals surface area contributed by atoms with Gasteiger partial charge < -0.3 is 10.6 Å². The van der Waals surface area contributed by atoms with Crippen LogP contribution in [0, 0.1) is 0 Å². The Morgan fingerprint density at radius 3 is 0.895 bits per heavy atom. The number of hydrogen-bond acceptors (Lipinski definition) is 26. The fraction of sp³-hybridized carbons (Fsp3) is 0. The molecule has 12 rings (SSSR count). The van der Waals surface area contributed by atoms with E-state index in [4.69, 9.17) is 19.9 Å². The minimum atomic E-state index is -4.96. The van der Waals surface area contributed by atoms with Crippen LogP contribution in [0.4, 0.5) is 23.3 Å². The zero-order chi connectivity index (χ0) is 57.6. The van der Waals surface area contributed by atoms with Crippen LogP contribution in [0.2, 0.25) is 0 Å². The molecule has 36 heteroatoms. The van der Waals surface area contributed by atoms with Gasteiger partial charge >= 0.3 is 59.1 Å². The quantitative estimate of drug-likeness (QED) is 0.0269. The molecule has 0 aliphatic rings. The van der Waals surface area contributed by atoms with E-state index in [9.17, 15) is 25.9 Å². The molecule has 6 aromatic carbocycles. The number of nitrogens with zero attached hydrogens (tertiary/aromatic N) is 20. The van der Waals surface area contributed by atoms with Crippen LogP contribution in [0.25, 0.3) is 34.9 Å². The number of anilines is 4. The first-order chi connectivity index (χ1) is 40.8. The summed E-state index contributed by atoms with van der Waals surface area (Å²) >= 11 is 4.48. The van der Waals surface area contributed by atoms with Gasteiger partial charge in [0, 0.05) is 23.5 Å². The van der Waals surface area contributed by atoms with Gasteiger partial charge in [0.2, 0.25) is 32.5 Å². The molecule has 4 N–H and O–H groups in total. The van der Waals surface area contributed by atoms with Crippen LogP contribution in [0.1, 0.15) is 11.1 Å². The van der Waals surface area contributed by atoms with Gasteiger partial charge in [-0.2, -0.15) is 35.6 Å². The Bertz CT molecular complexity index is 4130.